The maximum absolute atomic E-state index is 13.2. The van der Waals surface area contributed by atoms with Crippen molar-refractivity contribution in [2.45, 2.75) is 38.7 Å². The smallest absolute Gasteiger partial charge is 0.277 e. The second-order valence-electron chi connectivity index (χ2n) is 7.23. The lowest BCUT2D eigenvalue weighted by Gasteiger charge is -2.21. The van der Waals surface area contributed by atoms with E-state index in [0.29, 0.717) is 31.0 Å². The molecule has 3 heterocycles. The van der Waals surface area contributed by atoms with Gasteiger partial charge in [-0.1, -0.05) is 12.1 Å². The summed E-state index contributed by atoms with van der Waals surface area (Å²) in [5.74, 6) is 0.375. The second-order valence-corrected chi connectivity index (χ2v) is 7.23. The maximum Gasteiger partial charge on any atom is 0.277 e. The molecular weight excluding hydrogens is 344 g/mol. The molecule has 0 spiro atoms. The number of carbonyl (C=O) groups is 2. The summed E-state index contributed by atoms with van der Waals surface area (Å²) in [7, 11) is 0. The van der Waals surface area contributed by atoms with E-state index in [1.165, 1.54) is 4.90 Å². The molecule has 3 aliphatic rings. The Balaban J connectivity index is 1.66. The summed E-state index contributed by atoms with van der Waals surface area (Å²) in [6.45, 7) is 5.22. The minimum absolute atomic E-state index is 0.0441. The number of rotatable bonds is 6. The predicted molar refractivity (Wildman–Crippen MR) is 101 cm³/mol. The van der Waals surface area contributed by atoms with Crippen LogP contribution in [-0.4, -0.2) is 60.6 Å². The summed E-state index contributed by atoms with van der Waals surface area (Å²) >= 11 is 0. The fourth-order valence-electron chi connectivity index (χ4n) is 4.10. The van der Waals surface area contributed by atoms with Crippen LogP contribution in [-0.2, 0) is 14.3 Å². The van der Waals surface area contributed by atoms with Crippen LogP contribution >= 0.6 is 0 Å². The Hall–Kier alpha value is -2.34. The van der Waals surface area contributed by atoms with E-state index >= 15 is 0 Å². The van der Waals surface area contributed by atoms with Gasteiger partial charge in [-0.25, -0.2) is 0 Å². The zero-order valence-electron chi connectivity index (χ0n) is 15.8. The zero-order chi connectivity index (χ0) is 18.8. The van der Waals surface area contributed by atoms with Gasteiger partial charge in [-0.15, -0.1) is 0 Å². The van der Waals surface area contributed by atoms with Crippen molar-refractivity contribution < 1.29 is 19.1 Å². The van der Waals surface area contributed by atoms with E-state index < -0.39 is 0 Å². The highest BCUT2D eigenvalue weighted by Crippen LogP contribution is 2.34. The molecule has 0 aliphatic carbocycles. The van der Waals surface area contributed by atoms with Crippen LogP contribution in [0.15, 0.2) is 30.0 Å². The van der Waals surface area contributed by atoms with Gasteiger partial charge in [0.2, 0.25) is 0 Å². The summed E-state index contributed by atoms with van der Waals surface area (Å²) in [6, 6.07) is 7.45. The first-order valence-electron chi connectivity index (χ1n) is 9.89. The molecular formula is C21H26N2O4. The number of ether oxygens (including phenoxy) is 2. The minimum Gasteiger partial charge on any atom is -0.494 e. The summed E-state index contributed by atoms with van der Waals surface area (Å²) in [4.78, 5) is 29.8. The van der Waals surface area contributed by atoms with Gasteiger partial charge in [-0.05, 0) is 50.3 Å². The molecule has 0 bridgehead atoms. The Kier molecular flexibility index (Phi) is 5.16. The third-order valence-corrected chi connectivity index (χ3v) is 5.43. The molecule has 2 saturated heterocycles. The molecule has 144 valence electrons. The van der Waals surface area contributed by atoms with E-state index in [1.807, 2.05) is 31.2 Å². The Morgan fingerprint density at radius 2 is 1.81 bits per heavy atom. The molecule has 0 aromatic heterocycles. The van der Waals surface area contributed by atoms with Crippen molar-refractivity contribution in [3.63, 3.8) is 0 Å². The molecule has 6 heteroatoms. The van der Waals surface area contributed by atoms with Crippen molar-refractivity contribution in [1.29, 1.82) is 0 Å². The monoisotopic (exact) mass is 370 g/mol. The van der Waals surface area contributed by atoms with Crippen molar-refractivity contribution in [2.24, 2.45) is 0 Å². The highest BCUT2D eigenvalue weighted by molar-refractivity contribution is 6.35. The van der Waals surface area contributed by atoms with Gasteiger partial charge in [-0.2, -0.15) is 0 Å². The molecule has 0 N–H and O–H groups in total. The summed E-state index contributed by atoms with van der Waals surface area (Å²) in [5, 5.41) is 0. The lowest BCUT2D eigenvalue weighted by molar-refractivity contribution is -0.139. The third kappa shape index (κ3) is 3.46. The average Bonchev–Trinajstić information content (AvgIpc) is 3.41. The molecule has 4 rings (SSSR count). The Morgan fingerprint density at radius 1 is 1.07 bits per heavy atom. The van der Waals surface area contributed by atoms with Crippen LogP contribution < -0.4 is 4.74 Å². The molecule has 2 fully saturated rings. The number of likely N-dealkylation sites (tertiary alicyclic amines) is 1. The largest absolute Gasteiger partial charge is 0.494 e. The molecule has 3 aliphatic heterocycles. The van der Waals surface area contributed by atoms with E-state index in [1.54, 1.807) is 0 Å². The van der Waals surface area contributed by atoms with Crippen molar-refractivity contribution >= 4 is 17.4 Å². The van der Waals surface area contributed by atoms with Gasteiger partial charge in [0.15, 0.2) is 0 Å². The lowest BCUT2D eigenvalue weighted by Crippen LogP contribution is -2.39. The molecule has 0 radical (unpaired) electrons. The predicted octanol–water partition coefficient (Wildman–Crippen LogP) is 2.44. The van der Waals surface area contributed by atoms with Crippen LogP contribution in [0.25, 0.3) is 5.57 Å². The van der Waals surface area contributed by atoms with Crippen LogP contribution in [0.2, 0.25) is 0 Å². The molecule has 6 nitrogen and oxygen atoms in total. The van der Waals surface area contributed by atoms with E-state index in [4.69, 9.17) is 9.47 Å². The molecule has 2 amide bonds. The average molecular weight is 370 g/mol. The number of carbonyl (C=O) groups excluding carboxylic acids is 2. The number of hydrogen-bond donors (Lipinski definition) is 0. The lowest BCUT2D eigenvalue weighted by atomic mass is 10.0. The van der Waals surface area contributed by atoms with Crippen LogP contribution in [0.3, 0.4) is 0 Å². The Labute approximate surface area is 159 Å². The van der Waals surface area contributed by atoms with Gasteiger partial charge in [0.1, 0.15) is 11.4 Å². The van der Waals surface area contributed by atoms with Gasteiger partial charge >= 0.3 is 0 Å². The van der Waals surface area contributed by atoms with Crippen LogP contribution in [0.4, 0.5) is 0 Å². The molecule has 1 aromatic rings. The first kappa shape index (κ1) is 18.0. The first-order chi connectivity index (χ1) is 13.2. The number of amides is 2. The van der Waals surface area contributed by atoms with E-state index in [-0.39, 0.29) is 17.9 Å². The van der Waals surface area contributed by atoms with Gasteiger partial charge < -0.3 is 14.4 Å². The van der Waals surface area contributed by atoms with Gasteiger partial charge in [0.05, 0.1) is 24.8 Å². The zero-order valence-corrected chi connectivity index (χ0v) is 15.8. The first-order valence-corrected chi connectivity index (χ1v) is 9.89. The van der Waals surface area contributed by atoms with Crippen LogP contribution in [0.1, 0.15) is 38.2 Å². The summed E-state index contributed by atoms with van der Waals surface area (Å²) in [5.41, 5.74) is 1.84. The highest BCUT2D eigenvalue weighted by atomic mass is 16.5. The van der Waals surface area contributed by atoms with Gasteiger partial charge in [0.25, 0.3) is 11.8 Å². The molecule has 1 unspecified atom stereocenters. The van der Waals surface area contributed by atoms with Crippen LogP contribution in [0, 0.1) is 0 Å². The van der Waals surface area contributed by atoms with Crippen molar-refractivity contribution in [3.8, 4) is 5.75 Å². The SMILES string of the molecule is CCOc1ccc(C2=C(N3CCCC3)C(=O)N(CC3CCCO3)C2=O)cc1. The Bertz CT molecular complexity index is 744. The van der Waals surface area contributed by atoms with Crippen LogP contribution in [0.5, 0.6) is 5.75 Å². The number of hydrogen-bond acceptors (Lipinski definition) is 5. The summed E-state index contributed by atoms with van der Waals surface area (Å²) in [6.07, 6.45) is 3.94. The fourth-order valence-corrected chi connectivity index (χ4v) is 4.10. The number of benzene rings is 1. The quantitative estimate of drug-likeness (QED) is 0.720. The normalized spacial score (nSPS) is 23.1. The molecule has 27 heavy (non-hydrogen) atoms. The third-order valence-electron chi connectivity index (χ3n) is 5.43. The second kappa shape index (κ2) is 7.72. The standard InChI is InChI=1S/C21H26N2O4/c1-2-26-16-9-7-15(8-10-16)18-19(22-11-3-4-12-22)21(25)23(20(18)24)14-17-6-5-13-27-17/h7-10,17H,2-6,11-14H2,1H3. The molecule has 1 aromatic carbocycles. The topological polar surface area (TPSA) is 59.1 Å². The van der Waals surface area contributed by atoms with E-state index in [2.05, 4.69) is 4.90 Å². The van der Waals surface area contributed by atoms with Crippen molar-refractivity contribution in [2.75, 3.05) is 32.8 Å². The molecule has 0 saturated carbocycles. The van der Waals surface area contributed by atoms with E-state index in [9.17, 15) is 9.59 Å². The maximum atomic E-state index is 13.2. The van der Waals surface area contributed by atoms with Gasteiger partial charge in [0, 0.05) is 19.7 Å². The van der Waals surface area contributed by atoms with Gasteiger partial charge in [-0.3, -0.25) is 14.5 Å². The number of nitrogens with zero attached hydrogens (tertiary/aromatic N) is 2. The van der Waals surface area contributed by atoms with E-state index in [0.717, 1.165) is 50.1 Å². The van der Waals surface area contributed by atoms with Crippen molar-refractivity contribution in [1.82, 2.24) is 9.80 Å². The Morgan fingerprint density at radius 3 is 2.44 bits per heavy atom. The fraction of sp³-hybridized carbons (Fsp3) is 0.524. The number of imide groups is 1. The summed E-state index contributed by atoms with van der Waals surface area (Å²) < 4.78 is 11.2. The van der Waals surface area contributed by atoms with Crippen molar-refractivity contribution in [3.05, 3.63) is 35.5 Å². The highest BCUT2D eigenvalue weighted by Gasteiger charge is 2.43. The molecule has 1 atom stereocenters. The minimum atomic E-state index is -0.207.